The maximum absolute atomic E-state index is 12.6. The lowest BCUT2D eigenvalue weighted by Gasteiger charge is -2.22. The van der Waals surface area contributed by atoms with E-state index in [9.17, 15) is 18.0 Å². The van der Waals surface area contributed by atoms with Gasteiger partial charge in [-0.05, 0) is 60.1 Å². The molecule has 6 nitrogen and oxygen atoms in total. The number of benzene rings is 2. The van der Waals surface area contributed by atoms with Gasteiger partial charge < -0.3 is 5.32 Å². The van der Waals surface area contributed by atoms with Crippen molar-refractivity contribution in [1.82, 2.24) is 9.62 Å². The molecule has 7 heteroatoms. The van der Waals surface area contributed by atoms with Crippen LogP contribution in [-0.4, -0.2) is 37.6 Å². The summed E-state index contributed by atoms with van der Waals surface area (Å²) in [5.41, 5.74) is 4.94. The zero-order valence-corrected chi connectivity index (χ0v) is 18.9. The number of rotatable bonds is 5. The zero-order chi connectivity index (χ0) is 22.3. The lowest BCUT2D eigenvalue weighted by atomic mass is 9.83. The van der Waals surface area contributed by atoms with Gasteiger partial charge in [-0.2, -0.15) is 0 Å². The van der Waals surface area contributed by atoms with E-state index < -0.39 is 28.4 Å². The molecule has 0 unspecified atom stereocenters. The molecule has 1 aliphatic rings. The summed E-state index contributed by atoms with van der Waals surface area (Å²) in [6.45, 7) is 10.5. The van der Waals surface area contributed by atoms with Gasteiger partial charge in [0.25, 0.3) is 15.9 Å². The van der Waals surface area contributed by atoms with Gasteiger partial charge in [0.05, 0.1) is 5.56 Å². The first-order valence-corrected chi connectivity index (χ1v) is 11.4. The van der Waals surface area contributed by atoms with E-state index in [2.05, 4.69) is 52.1 Å². The first kappa shape index (κ1) is 22.0. The Hall–Kier alpha value is -2.67. The topological polar surface area (TPSA) is 83.6 Å². The lowest BCUT2D eigenvalue weighted by molar-refractivity contribution is -0.121. The highest BCUT2D eigenvalue weighted by Crippen LogP contribution is 2.29. The minimum Gasteiger partial charge on any atom is -0.354 e. The van der Waals surface area contributed by atoms with Crippen LogP contribution in [0.4, 0.5) is 0 Å². The van der Waals surface area contributed by atoms with Crippen molar-refractivity contribution in [3.8, 4) is 0 Å². The molecular weight excluding hydrogens is 400 g/mol. The van der Waals surface area contributed by atoms with Gasteiger partial charge in [-0.3, -0.25) is 9.59 Å². The van der Waals surface area contributed by atoms with Gasteiger partial charge in [-0.15, -0.1) is 0 Å². The molecule has 1 aliphatic heterocycles. The van der Waals surface area contributed by atoms with Gasteiger partial charge in [0.1, 0.15) is 11.4 Å². The third-order valence-corrected chi connectivity index (χ3v) is 7.25. The highest BCUT2D eigenvalue weighted by Gasteiger charge is 2.41. The van der Waals surface area contributed by atoms with Crippen molar-refractivity contribution < 1.29 is 18.0 Å². The number of nitrogens with zero attached hydrogens (tertiary/aromatic N) is 1. The van der Waals surface area contributed by atoms with E-state index in [-0.39, 0.29) is 15.9 Å². The summed E-state index contributed by atoms with van der Waals surface area (Å²) < 4.78 is 25.7. The second-order valence-electron chi connectivity index (χ2n) is 8.75. The molecular formula is C23H28N2O4S. The van der Waals surface area contributed by atoms with Crippen molar-refractivity contribution in [1.29, 1.82) is 0 Å². The number of nitrogens with one attached hydrogen (secondary N) is 1. The lowest BCUT2D eigenvalue weighted by Crippen LogP contribution is -2.41. The Kier molecular flexibility index (Phi) is 5.78. The highest BCUT2D eigenvalue weighted by molar-refractivity contribution is 7.90. The zero-order valence-electron chi connectivity index (χ0n) is 18.1. The van der Waals surface area contributed by atoms with E-state index in [1.54, 1.807) is 12.1 Å². The molecule has 2 aromatic carbocycles. The molecule has 2 amide bonds. The second-order valence-corrected chi connectivity index (χ2v) is 10.6. The number of carbonyl (C=O) groups excluding carboxylic acids is 2. The van der Waals surface area contributed by atoms with Crippen molar-refractivity contribution in [2.45, 2.75) is 51.3 Å². The average Bonchev–Trinajstić information content (AvgIpc) is 2.84. The van der Waals surface area contributed by atoms with Crippen LogP contribution in [0.2, 0.25) is 0 Å². The van der Waals surface area contributed by atoms with Gasteiger partial charge >= 0.3 is 0 Å². The molecule has 0 aliphatic carbocycles. The summed E-state index contributed by atoms with van der Waals surface area (Å²) >= 11 is 0. The third-order valence-electron chi connectivity index (χ3n) is 5.46. The molecule has 0 bridgehead atoms. The van der Waals surface area contributed by atoms with Crippen LogP contribution < -0.4 is 5.32 Å². The summed E-state index contributed by atoms with van der Waals surface area (Å²) in [5, 5.41) is 2.75. The Balaban J connectivity index is 1.64. The summed E-state index contributed by atoms with van der Waals surface area (Å²) in [7, 11) is -3.98. The highest BCUT2D eigenvalue weighted by atomic mass is 32.2. The van der Waals surface area contributed by atoms with Crippen LogP contribution in [0.5, 0.6) is 0 Å². The van der Waals surface area contributed by atoms with Crippen molar-refractivity contribution in [2.75, 3.05) is 13.1 Å². The smallest absolute Gasteiger partial charge is 0.269 e. The molecule has 0 spiro atoms. The van der Waals surface area contributed by atoms with Gasteiger partial charge in [-0.25, -0.2) is 12.7 Å². The third kappa shape index (κ3) is 4.12. The van der Waals surface area contributed by atoms with Crippen LogP contribution in [0.1, 0.15) is 53.4 Å². The largest absolute Gasteiger partial charge is 0.354 e. The van der Waals surface area contributed by atoms with Crippen molar-refractivity contribution in [2.24, 2.45) is 0 Å². The Morgan fingerprint density at radius 3 is 2.23 bits per heavy atom. The fourth-order valence-corrected chi connectivity index (χ4v) is 5.25. The van der Waals surface area contributed by atoms with Crippen molar-refractivity contribution in [3.05, 3.63) is 64.2 Å². The molecule has 160 valence electrons. The molecule has 0 radical (unpaired) electrons. The fraction of sp³-hybridized carbons (Fsp3) is 0.391. The molecule has 1 heterocycles. The van der Waals surface area contributed by atoms with Crippen LogP contribution in [0.25, 0.3) is 0 Å². The standard InChI is InChI=1S/C23H28N2O4S/c1-15-12-17(23(3,4)5)13-16(2)18(15)10-11-24-21(26)14-25-22(27)19-8-6-7-9-20(19)30(25,28)29/h6-9,12-13H,10-11,14H2,1-5H3,(H,24,26). The van der Waals surface area contributed by atoms with Gasteiger partial charge in [0.2, 0.25) is 5.91 Å². The van der Waals surface area contributed by atoms with Crippen LogP contribution >= 0.6 is 0 Å². The van der Waals surface area contributed by atoms with Crippen LogP contribution in [-0.2, 0) is 26.7 Å². The predicted molar refractivity (Wildman–Crippen MR) is 116 cm³/mol. The van der Waals surface area contributed by atoms with E-state index >= 15 is 0 Å². The Morgan fingerprint density at radius 1 is 1.07 bits per heavy atom. The number of hydrogen-bond donors (Lipinski definition) is 1. The molecule has 0 atom stereocenters. The van der Waals surface area contributed by atoms with E-state index in [1.165, 1.54) is 34.4 Å². The Labute approximate surface area is 178 Å². The normalized spacial score (nSPS) is 15.2. The first-order valence-electron chi connectivity index (χ1n) is 9.96. The molecule has 3 rings (SSSR count). The van der Waals surface area contributed by atoms with Crippen LogP contribution in [0.3, 0.4) is 0 Å². The van der Waals surface area contributed by atoms with E-state index in [4.69, 9.17) is 0 Å². The van der Waals surface area contributed by atoms with E-state index in [0.29, 0.717) is 17.3 Å². The Morgan fingerprint density at radius 2 is 1.67 bits per heavy atom. The summed E-state index contributed by atoms with van der Waals surface area (Å²) in [4.78, 5) is 24.7. The quantitative estimate of drug-likeness (QED) is 0.793. The SMILES string of the molecule is Cc1cc(C(C)(C)C)cc(C)c1CCNC(=O)CN1C(=O)c2ccccc2S1(=O)=O. The molecule has 0 aromatic heterocycles. The number of aryl methyl sites for hydroxylation is 2. The predicted octanol–water partition coefficient (Wildman–Crippen LogP) is 3.10. The second kappa shape index (κ2) is 7.87. The summed E-state index contributed by atoms with van der Waals surface area (Å²) in [6, 6.07) is 10.4. The van der Waals surface area contributed by atoms with Crippen LogP contribution in [0.15, 0.2) is 41.3 Å². The van der Waals surface area contributed by atoms with Gasteiger partial charge in [0.15, 0.2) is 0 Å². The van der Waals surface area contributed by atoms with E-state index in [0.717, 1.165) is 0 Å². The number of fused-ring (bicyclic) bond motifs is 1. The number of amides is 2. The molecule has 0 fully saturated rings. The Bertz CT molecular complexity index is 1090. The molecule has 30 heavy (non-hydrogen) atoms. The minimum absolute atomic E-state index is 0.0482. The fourth-order valence-electron chi connectivity index (χ4n) is 3.72. The van der Waals surface area contributed by atoms with Gasteiger partial charge in [-0.1, -0.05) is 45.0 Å². The molecule has 0 saturated carbocycles. The van der Waals surface area contributed by atoms with Crippen molar-refractivity contribution >= 4 is 21.8 Å². The average molecular weight is 429 g/mol. The van der Waals surface area contributed by atoms with Crippen molar-refractivity contribution in [3.63, 3.8) is 0 Å². The summed E-state index contributed by atoms with van der Waals surface area (Å²) in [6.07, 6.45) is 0.634. The van der Waals surface area contributed by atoms with E-state index in [1.807, 2.05) is 0 Å². The number of hydrogen-bond acceptors (Lipinski definition) is 4. The maximum Gasteiger partial charge on any atom is 0.269 e. The molecule has 2 aromatic rings. The monoisotopic (exact) mass is 428 g/mol. The molecule has 1 N–H and O–H groups in total. The summed E-state index contributed by atoms with van der Waals surface area (Å²) in [5.74, 6) is -1.16. The maximum atomic E-state index is 12.6. The van der Waals surface area contributed by atoms with Gasteiger partial charge in [0, 0.05) is 6.54 Å². The number of carbonyl (C=O) groups is 2. The number of sulfonamides is 1. The first-order chi connectivity index (χ1) is 13.9. The minimum atomic E-state index is -3.98. The molecule has 0 saturated heterocycles. The van der Waals surface area contributed by atoms with Crippen LogP contribution in [0, 0.1) is 13.8 Å².